The number of hydrogen-bond donors (Lipinski definition) is 1. The van der Waals surface area contributed by atoms with Crippen LogP contribution < -0.4 is 5.32 Å². The summed E-state index contributed by atoms with van der Waals surface area (Å²) in [5.74, 6) is 1.77. The lowest BCUT2D eigenvalue weighted by molar-refractivity contribution is 0.604. The van der Waals surface area contributed by atoms with Gasteiger partial charge in [-0.3, -0.25) is 4.68 Å². The molecular weight excluding hydrogens is 228 g/mol. The van der Waals surface area contributed by atoms with E-state index >= 15 is 0 Å². The molecule has 2 heterocycles. The fraction of sp³-hybridized carbons (Fsp3) is 0.583. The zero-order chi connectivity index (χ0) is 13.1. The zero-order valence-electron chi connectivity index (χ0n) is 11.4. The van der Waals surface area contributed by atoms with Gasteiger partial charge in [0.1, 0.15) is 6.33 Å². The number of hydrogen-bond acceptors (Lipinski definition) is 4. The highest BCUT2D eigenvalue weighted by Gasteiger charge is 2.08. The van der Waals surface area contributed by atoms with Crippen molar-refractivity contribution in [2.75, 3.05) is 11.9 Å². The van der Waals surface area contributed by atoms with Gasteiger partial charge in [0.25, 0.3) is 0 Å². The molecule has 0 unspecified atom stereocenters. The van der Waals surface area contributed by atoms with Crippen molar-refractivity contribution < 1.29 is 0 Å². The maximum Gasteiger partial charge on any atom is 0.203 e. The third-order valence-corrected chi connectivity index (χ3v) is 2.69. The summed E-state index contributed by atoms with van der Waals surface area (Å²) >= 11 is 0. The first-order valence-corrected chi connectivity index (χ1v) is 6.20. The highest BCUT2D eigenvalue weighted by molar-refractivity contribution is 5.29. The third kappa shape index (κ3) is 2.88. The Labute approximate surface area is 107 Å². The quantitative estimate of drug-likeness (QED) is 0.872. The van der Waals surface area contributed by atoms with Gasteiger partial charge in [-0.05, 0) is 20.8 Å². The summed E-state index contributed by atoms with van der Waals surface area (Å²) in [6.07, 6.45) is 4.57. The van der Waals surface area contributed by atoms with Gasteiger partial charge in [0, 0.05) is 32.3 Å². The smallest absolute Gasteiger partial charge is 0.203 e. The van der Waals surface area contributed by atoms with Gasteiger partial charge in [-0.25, -0.2) is 9.97 Å². The molecule has 6 heteroatoms. The first-order valence-electron chi connectivity index (χ1n) is 6.20. The summed E-state index contributed by atoms with van der Waals surface area (Å²) in [5, 5.41) is 7.58. The molecule has 0 aliphatic heterocycles. The molecule has 18 heavy (non-hydrogen) atoms. The number of anilines is 1. The number of nitrogens with zero attached hydrogens (tertiary/aromatic N) is 5. The molecule has 0 radical (unpaired) electrons. The molecule has 0 atom stereocenters. The molecule has 98 valence electrons. The molecule has 6 nitrogen and oxygen atoms in total. The zero-order valence-corrected chi connectivity index (χ0v) is 11.4. The Morgan fingerprint density at radius 3 is 2.78 bits per heavy atom. The Morgan fingerprint density at radius 1 is 1.39 bits per heavy atom. The predicted octanol–water partition coefficient (Wildman–Crippen LogP) is 1.56. The van der Waals surface area contributed by atoms with Crippen LogP contribution in [0.15, 0.2) is 12.5 Å². The van der Waals surface area contributed by atoms with Crippen molar-refractivity contribution in [3.8, 4) is 0 Å². The molecule has 1 N–H and O–H groups in total. The average molecular weight is 248 g/mol. The van der Waals surface area contributed by atoms with Gasteiger partial charge in [0.2, 0.25) is 5.95 Å². The van der Waals surface area contributed by atoms with Crippen LogP contribution in [0.2, 0.25) is 0 Å². The van der Waals surface area contributed by atoms with Crippen LogP contribution in [0.1, 0.15) is 31.4 Å². The van der Waals surface area contributed by atoms with E-state index in [-0.39, 0.29) is 0 Å². The van der Waals surface area contributed by atoms with Crippen LogP contribution in [-0.4, -0.2) is 30.9 Å². The normalized spacial score (nSPS) is 11.2. The summed E-state index contributed by atoms with van der Waals surface area (Å²) in [4.78, 5) is 8.67. The van der Waals surface area contributed by atoms with Crippen molar-refractivity contribution in [1.29, 1.82) is 0 Å². The molecule has 0 aliphatic carbocycles. The fourth-order valence-corrected chi connectivity index (χ4v) is 1.83. The lowest BCUT2D eigenvalue weighted by atomic mass is 10.4. The Kier molecular flexibility index (Phi) is 3.64. The number of rotatable bonds is 5. The minimum absolute atomic E-state index is 0.404. The largest absolute Gasteiger partial charge is 0.355 e. The number of imidazole rings is 1. The van der Waals surface area contributed by atoms with E-state index in [4.69, 9.17) is 0 Å². The second kappa shape index (κ2) is 5.20. The molecule has 0 saturated heterocycles. The van der Waals surface area contributed by atoms with E-state index < -0.39 is 0 Å². The second-order valence-corrected chi connectivity index (χ2v) is 4.72. The number of aromatic nitrogens is 5. The summed E-state index contributed by atoms with van der Waals surface area (Å²) in [5.41, 5.74) is 1.03. The van der Waals surface area contributed by atoms with Gasteiger partial charge >= 0.3 is 0 Å². The third-order valence-electron chi connectivity index (χ3n) is 2.69. The van der Waals surface area contributed by atoms with Crippen LogP contribution in [0.25, 0.3) is 0 Å². The number of nitrogens with one attached hydrogen (secondary N) is 1. The molecular formula is C12H20N6. The van der Waals surface area contributed by atoms with E-state index in [9.17, 15) is 0 Å². The van der Waals surface area contributed by atoms with Crippen molar-refractivity contribution in [1.82, 2.24) is 24.3 Å². The fourth-order valence-electron chi connectivity index (χ4n) is 1.83. The SMILES string of the molecule is Cc1cn(C(C)C)c(NCCc2ncn(C)n2)n1. The molecule has 0 aliphatic rings. The van der Waals surface area contributed by atoms with Crippen LogP contribution in [0, 0.1) is 6.92 Å². The maximum absolute atomic E-state index is 4.47. The van der Waals surface area contributed by atoms with Crippen LogP contribution in [0.3, 0.4) is 0 Å². The van der Waals surface area contributed by atoms with Crippen molar-refractivity contribution >= 4 is 5.95 Å². The highest BCUT2D eigenvalue weighted by atomic mass is 15.3. The van der Waals surface area contributed by atoms with E-state index in [1.165, 1.54) is 0 Å². The van der Waals surface area contributed by atoms with Gasteiger partial charge in [-0.2, -0.15) is 5.10 Å². The van der Waals surface area contributed by atoms with E-state index in [0.29, 0.717) is 6.04 Å². The molecule has 2 aromatic heterocycles. The highest BCUT2D eigenvalue weighted by Crippen LogP contribution is 2.14. The molecule has 0 amide bonds. The van der Waals surface area contributed by atoms with Crippen molar-refractivity contribution in [3.05, 3.63) is 24.0 Å². The molecule has 0 fully saturated rings. The lowest BCUT2D eigenvalue weighted by Crippen LogP contribution is -2.12. The Morgan fingerprint density at radius 2 is 2.17 bits per heavy atom. The Balaban J connectivity index is 1.94. The summed E-state index contributed by atoms with van der Waals surface area (Å²) in [6.45, 7) is 7.08. The van der Waals surface area contributed by atoms with Gasteiger partial charge in [-0.1, -0.05) is 0 Å². The monoisotopic (exact) mass is 248 g/mol. The van der Waals surface area contributed by atoms with Gasteiger partial charge in [0.05, 0.1) is 5.69 Å². The van der Waals surface area contributed by atoms with E-state index in [1.807, 2.05) is 14.0 Å². The first-order chi connectivity index (χ1) is 8.56. The van der Waals surface area contributed by atoms with Gasteiger partial charge in [-0.15, -0.1) is 0 Å². The number of aryl methyl sites for hydroxylation is 2. The minimum Gasteiger partial charge on any atom is -0.355 e. The molecule has 2 rings (SSSR count). The molecule has 0 aromatic carbocycles. The Hall–Kier alpha value is -1.85. The molecule has 0 bridgehead atoms. The summed E-state index contributed by atoms with van der Waals surface area (Å²) in [7, 11) is 1.87. The molecule has 0 saturated carbocycles. The molecule has 0 spiro atoms. The van der Waals surface area contributed by atoms with Gasteiger partial charge < -0.3 is 9.88 Å². The summed E-state index contributed by atoms with van der Waals surface area (Å²) < 4.78 is 3.86. The summed E-state index contributed by atoms with van der Waals surface area (Å²) in [6, 6.07) is 0.404. The predicted molar refractivity (Wildman–Crippen MR) is 70.5 cm³/mol. The molecule has 2 aromatic rings. The van der Waals surface area contributed by atoms with Gasteiger partial charge in [0.15, 0.2) is 5.82 Å². The van der Waals surface area contributed by atoms with Crippen LogP contribution in [-0.2, 0) is 13.5 Å². The van der Waals surface area contributed by atoms with Crippen LogP contribution in [0.4, 0.5) is 5.95 Å². The van der Waals surface area contributed by atoms with E-state index in [0.717, 1.165) is 30.4 Å². The maximum atomic E-state index is 4.47. The topological polar surface area (TPSA) is 60.6 Å². The van der Waals surface area contributed by atoms with E-state index in [2.05, 4.69) is 45.0 Å². The average Bonchev–Trinajstić information content (AvgIpc) is 2.85. The van der Waals surface area contributed by atoms with Crippen molar-refractivity contribution in [3.63, 3.8) is 0 Å². The second-order valence-electron chi connectivity index (χ2n) is 4.72. The van der Waals surface area contributed by atoms with E-state index in [1.54, 1.807) is 11.0 Å². The van der Waals surface area contributed by atoms with Crippen molar-refractivity contribution in [2.45, 2.75) is 33.2 Å². The van der Waals surface area contributed by atoms with Crippen molar-refractivity contribution in [2.24, 2.45) is 7.05 Å². The minimum atomic E-state index is 0.404. The van der Waals surface area contributed by atoms with Crippen LogP contribution in [0.5, 0.6) is 0 Å². The standard InChI is InChI=1S/C12H20N6/c1-9(2)18-7-10(3)15-12(18)13-6-5-11-14-8-17(4)16-11/h7-9H,5-6H2,1-4H3,(H,13,15). The van der Waals surface area contributed by atoms with Crippen LogP contribution >= 0.6 is 0 Å². The Bertz CT molecular complexity index is 510. The first kappa shape index (κ1) is 12.6. The lowest BCUT2D eigenvalue weighted by Gasteiger charge is -2.11.